The fourth-order valence-electron chi connectivity index (χ4n) is 3.07. The van der Waals surface area contributed by atoms with E-state index in [2.05, 4.69) is 4.98 Å². The summed E-state index contributed by atoms with van der Waals surface area (Å²) in [6.45, 7) is 4.05. The van der Waals surface area contributed by atoms with Gasteiger partial charge >= 0.3 is 0 Å². The minimum absolute atomic E-state index is 0.0845. The third-order valence-electron chi connectivity index (χ3n) is 4.10. The molecular weight excluding hydrogens is 248 g/mol. The van der Waals surface area contributed by atoms with Crippen molar-refractivity contribution in [2.45, 2.75) is 70.9 Å². The minimum atomic E-state index is 0.0845. The van der Waals surface area contributed by atoms with Crippen LogP contribution >= 0.6 is 0 Å². The summed E-state index contributed by atoms with van der Waals surface area (Å²) in [4.78, 5) is 4.27. The van der Waals surface area contributed by atoms with Gasteiger partial charge in [-0.25, -0.2) is 0 Å². The van der Waals surface area contributed by atoms with E-state index in [0.717, 1.165) is 23.7 Å². The Labute approximate surface area is 122 Å². The molecule has 0 radical (unpaired) electrons. The van der Waals surface area contributed by atoms with Crippen LogP contribution in [0.4, 0.5) is 0 Å². The van der Waals surface area contributed by atoms with Gasteiger partial charge in [0.15, 0.2) is 0 Å². The van der Waals surface area contributed by atoms with Crippen LogP contribution in [0.15, 0.2) is 18.5 Å². The highest BCUT2D eigenvalue weighted by atomic mass is 16.5. The third kappa shape index (κ3) is 4.78. The standard InChI is InChI=1S/C17H28N2O/c1-13(2)20-16-10-15(11-19-12-16)17(18)9-14-7-5-3-4-6-8-14/h10-14,17H,3-9,18H2,1-2H3. The molecule has 112 valence electrons. The van der Waals surface area contributed by atoms with E-state index in [1.807, 2.05) is 26.1 Å². The van der Waals surface area contributed by atoms with Gasteiger partial charge in [-0.2, -0.15) is 0 Å². The molecule has 3 heteroatoms. The molecule has 0 spiro atoms. The maximum atomic E-state index is 6.38. The van der Waals surface area contributed by atoms with E-state index < -0.39 is 0 Å². The second-order valence-electron chi connectivity index (χ2n) is 6.32. The van der Waals surface area contributed by atoms with Crippen molar-refractivity contribution in [1.29, 1.82) is 0 Å². The molecule has 2 rings (SSSR count). The van der Waals surface area contributed by atoms with Crippen molar-refractivity contribution in [3.05, 3.63) is 24.0 Å². The SMILES string of the molecule is CC(C)Oc1cncc(C(N)CC2CCCCCC2)c1. The van der Waals surface area contributed by atoms with E-state index in [1.54, 1.807) is 6.20 Å². The Morgan fingerprint density at radius 2 is 1.90 bits per heavy atom. The average Bonchev–Trinajstić information content (AvgIpc) is 2.67. The van der Waals surface area contributed by atoms with Gasteiger partial charge in [0.05, 0.1) is 12.3 Å². The molecule has 20 heavy (non-hydrogen) atoms. The van der Waals surface area contributed by atoms with E-state index in [-0.39, 0.29) is 12.1 Å². The van der Waals surface area contributed by atoms with E-state index >= 15 is 0 Å². The van der Waals surface area contributed by atoms with Crippen molar-refractivity contribution in [2.24, 2.45) is 11.7 Å². The molecule has 0 bridgehead atoms. The van der Waals surface area contributed by atoms with Gasteiger partial charge in [0, 0.05) is 12.2 Å². The fraction of sp³-hybridized carbons (Fsp3) is 0.706. The number of hydrogen-bond donors (Lipinski definition) is 1. The number of hydrogen-bond acceptors (Lipinski definition) is 3. The Balaban J connectivity index is 1.95. The van der Waals surface area contributed by atoms with Gasteiger partial charge in [-0.05, 0) is 37.8 Å². The predicted octanol–water partition coefficient (Wildman–Crippen LogP) is 4.23. The Bertz CT molecular complexity index is 398. The highest BCUT2D eigenvalue weighted by Crippen LogP contribution is 2.30. The maximum absolute atomic E-state index is 6.38. The van der Waals surface area contributed by atoms with Crippen molar-refractivity contribution >= 4 is 0 Å². The van der Waals surface area contributed by atoms with Crippen LogP contribution in [0.5, 0.6) is 5.75 Å². The van der Waals surface area contributed by atoms with Gasteiger partial charge in [0.1, 0.15) is 5.75 Å². The van der Waals surface area contributed by atoms with Gasteiger partial charge in [-0.1, -0.05) is 38.5 Å². The number of nitrogens with zero attached hydrogens (tertiary/aromatic N) is 1. The zero-order valence-corrected chi connectivity index (χ0v) is 12.8. The largest absolute Gasteiger partial charge is 0.489 e. The van der Waals surface area contributed by atoms with Crippen molar-refractivity contribution in [3.8, 4) is 5.75 Å². The zero-order valence-electron chi connectivity index (χ0n) is 12.8. The monoisotopic (exact) mass is 276 g/mol. The second kappa shape index (κ2) is 7.63. The van der Waals surface area contributed by atoms with Gasteiger partial charge in [-0.3, -0.25) is 4.98 Å². The van der Waals surface area contributed by atoms with Crippen LogP contribution < -0.4 is 10.5 Å². The highest BCUT2D eigenvalue weighted by Gasteiger charge is 2.17. The lowest BCUT2D eigenvalue weighted by atomic mass is 9.90. The summed E-state index contributed by atoms with van der Waals surface area (Å²) < 4.78 is 5.70. The first kappa shape index (κ1) is 15.3. The van der Waals surface area contributed by atoms with Crippen LogP contribution in [-0.2, 0) is 0 Å². The van der Waals surface area contributed by atoms with Crippen molar-refractivity contribution in [3.63, 3.8) is 0 Å². The molecule has 0 amide bonds. The molecule has 1 atom stereocenters. The molecule has 2 N–H and O–H groups in total. The quantitative estimate of drug-likeness (QED) is 0.819. The number of nitrogens with two attached hydrogens (primary N) is 1. The Kier molecular flexibility index (Phi) is 5.84. The van der Waals surface area contributed by atoms with Gasteiger partial charge < -0.3 is 10.5 Å². The van der Waals surface area contributed by atoms with Gasteiger partial charge in [0.2, 0.25) is 0 Å². The molecule has 1 aliphatic rings. The first-order valence-corrected chi connectivity index (χ1v) is 8.02. The minimum Gasteiger partial charge on any atom is -0.489 e. The molecule has 1 aromatic rings. The molecule has 0 aliphatic heterocycles. The van der Waals surface area contributed by atoms with Crippen LogP contribution in [0, 0.1) is 5.92 Å². The summed E-state index contributed by atoms with van der Waals surface area (Å²) in [6, 6.07) is 2.13. The molecule has 1 unspecified atom stereocenters. The first-order chi connectivity index (χ1) is 9.65. The lowest BCUT2D eigenvalue weighted by Crippen LogP contribution is -2.16. The molecule has 1 fully saturated rings. The summed E-state index contributed by atoms with van der Waals surface area (Å²) in [7, 11) is 0. The van der Waals surface area contributed by atoms with Crippen LogP contribution in [0.3, 0.4) is 0 Å². The lowest BCUT2D eigenvalue weighted by Gasteiger charge is -2.20. The molecule has 1 saturated carbocycles. The summed E-state index contributed by atoms with van der Waals surface area (Å²) >= 11 is 0. The number of rotatable bonds is 5. The topological polar surface area (TPSA) is 48.1 Å². The Morgan fingerprint density at radius 3 is 2.55 bits per heavy atom. The molecule has 0 aromatic carbocycles. The maximum Gasteiger partial charge on any atom is 0.138 e. The number of pyridine rings is 1. The van der Waals surface area contributed by atoms with Gasteiger partial charge in [-0.15, -0.1) is 0 Å². The third-order valence-corrected chi connectivity index (χ3v) is 4.10. The van der Waals surface area contributed by atoms with Crippen molar-refractivity contribution < 1.29 is 4.74 Å². The Hall–Kier alpha value is -1.09. The number of aromatic nitrogens is 1. The van der Waals surface area contributed by atoms with E-state index in [4.69, 9.17) is 10.5 Å². The van der Waals surface area contributed by atoms with Crippen molar-refractivity contribution in [2.75, 3.05) is 0 Å². The summed E-state index contributed by atoms with van der Waals surface area (Å²) in [5.74, 6) is 1.61. The van der Waals surface area contributed by atoms with E-state index in [0.29, 0.717) is 0 Å². The highest BCUT2D eigenvalue weighted by molar-refractivity contribution is 5.26. The number of ether oxygens (including phenoxy) is 1. The van der Waals surface area contributed by atoms with Crippen LogP contribution in [-0.4, -0.2) is 11.1 Å². The first-order valence-electron chi connectivity index (χ1n) is 8.02. The molecule has 0 saturated heterocycles. The second-order valence-corrected chi connectivity index (χ2v) is 6.32. The summed E-state index contributed by atoms with van der Waals surface area (Å²) in [5, 5.41) is 0. The normalized spacial score (nSPS) is 18.8. The lowest BCUT2D eigenvalue weighted by molar-refractivity contribution is 0.241. The smallest absolute Gasteiger partial charge is 0.138 e. The van der Waals surface area contributed by atoms with Crippen molar-refractivity contribution in [1.82, 2.24) is 4.98 Å². The molecular formula is C17H28N2O. The Morgan fingerprint density at radius 1 is 1.20 bits per heavy atom. The molecule has 1 heterocycles. The summed E-state index contributed by atoms with van der Waals surface area (Å²) in [6.07, 6.45) is 13.1. The summed E-state index contributed by atoms with van der Waals surface area (Å²) in [5.41, 5.74) is 7.49. The fourth-order valence-corrected chi connectivity index (χ4v) is 3.07. The van der Waals surface area contributed by atoms with Gasteiger partial charge in [0.25, 0.3) is 0 Å². The molecule has 3 nitrogen and oxygen atoms in total. The van der Waals surface area contributed by atoms with Crippen LogP contribution in [0.25, 0.3) is 0 Å². The molecule has 1 aliphatic carbocycles. The van der Waals surface area contributed by atoms with E-state index in [9.17, 15) is 0 Å². The predicted molar refractivity (Wildman–Crippen MR) is 82.7 cm³/mol. The average molecular weight is 276 g/mol. The zero-order chi connectivity index (χ0) is 14.4. The van der Waals surface area contributed by atoms with Crippen LogP contribution in [0.2, 0.25) is 0 Å². The van der Waals surface area contributed by atoms with E-state index in [1.165, 1.54) is 38.5 Å². The molecule has 1 aromatic heterocycles. The van der Waals surface area contributed by atoms with Crippen LogP contribution in [0.1, 0.15) is 70.4 Å².